The first-order valence-electron chi connectivity index (χ1n) is 6.28. The number of hydrogen-bond donors (Lipinski definition) is 0. The van der Waals surface area contributed by atoms with Crippen LogP contribution in [0.15, 0.2) is 28.7 Å². The van der Waals surface area contributed by atoms with Crippen molar-refractivity contribution in [3.63, 3.8) is 0 Å². The van der Waals surface area contributed by atoms with Crippen molar-refractivity contribution < 1.29 is 0 Å². The Hall–Kier alpha value is -0.380. The number of benzene rings is 1. The first-order chi connectivity index (χ1) is 8.15. The minimum absolute atomic E-state index is 0.721. The van der Waals surface area contributed by atoms with Gasteiger partial charge in [-0.3, -0.25) is 4.90 Å². The number of hydrogen-bond acceptors (Lipinski definition) is 2. The summed E-state index contributed by atoms with van der Waals surface area (Å²) in [4.78, 5) is 4.92. The molecule has 2 rings (SSSR count). The number of piperidine rings is 1. The Kier molecular flexibility index (Phi) is 4.60. The van der Waals surface area contributed by atoms with Crippen LogP contribution in [0.5, 0.6) is 0 Å². The van der Waals surface area contributed by atoms with E-state index in [-0.39, 0.29) is 0 Å². The molecule has 94 valence electrons. The van der Waals surface area contributed by atoms with Gasteiger partial charge >= 0.3 is 0 Å². The van der Waals surface area contributed by atoms with Crippen molar-refractivity contribution in [3.8, 4) is 0 Å². The van der Waals surface area contributed by atoms with Crippen molar-refractivity contribution in [3.05, 3.63) is 34.3 Å². The van der Waals surface area contributed by atoms with Crippen LogP contribution in [0.4, 0.5) is 0 Å². The average Bonchev–Trinajstić information content (AvgIpc) is 2.32. The van der Waals surface area contributed by atoms with Crippen LogP contribution in [0.2, 0.25) is 0 Å². The molecule has 0 amide bonds. The summed E-state index contributed by atoms with van der Waals surface area (Å²) in [7, 11) is 4.38. The van der Waals surface area contributed by atoms with Crippen LogP contribution < -0.4 is 0 Å². The molecular formula is C14H21BrN2. The van der Waals surface area contributed by atoms with Crippen molar-refractivity contribution in [2.45, 2.75) is 25.4 Å². The highest BCUT2D eigenvalue weighted by Gasteiger charge is 2.20. The minimum Gasteiger partial charge on any atom is -0.305 e. The van der Waals surface area contributed by atoms with Crippen molar-refractivity contribution in [2.75, 3.05) is 27.2 Å². The van der Waals surface area contributed by atoms with Gasteiger partial charge in [0.1, 0.15) is 0 Å². The Bertz CT molecular complexity index is 348. The van der Waals surface area contributed by atoms with E-state index < -0.39 is 0 Å². The molecule has 1 saturated heterocycles. The van der Waals surface area contributed by atoms with E-state index in [1.165, 1.54) is 31.5 Å². The molecule has 1 aliphatic heterocycles. The predicted octanol–water partition coefficient (Wildman–Crippen LogP) is 2.98. The Balaban J connectivity index is 1.92. The lowest BCUT2D eigenvalue weighted by molar-refractivity contribution is 0.128. The summed E-state index contributed by atoms with van der Waals surface area (Å²) in [6.07, 6.45) is 2.66. The van der Waals surface area contributed by atoms with Crippen molar-refractivity contribution in [1.29, 1.82) is 0 Å². The Morgan fingerprint density at radius 1 is 1.29 bits per heavy atom. The summed E-state index contributed by atoms with van der Waals surface area (Å²) in [6.45, 7) is 3.51. The Labute approximate surface area is 113 Å². The quantitative estimate of drug-likeness (QED) is 0.846. The normalized spacial score (nSPS) is 22.0. The molecule has 0 aliphatic carbocycles. The third-order valence-electron chi connectivity index (χ3n) is 3.53. The zero-order chi connectivity index (χ0) is 12.3. The van der Waals surface area contributed by atoms with Gasteiger partial charge < -0.3 is 4.90 Å². The molecule has 2 nitrogen and oxygen atoms in total. The molecule has 0 saturated carbocycles. The largest absolute Gasteiger partial charge is 0.305 e. The number of likely N-dealkylation sites (N-methyl/N-ethyl adjacent to an activating group) is 1. The van der Waals surface area contributed by atoms with Crippen LogP contribution in [0.3, 0.4) is 0 Å². The summed E-state index contributed by atoms with van der Waals surface area (Å²) < 4.78 is 1.16. The van der Waals surface area contributed by atoms with E-state index >= 15 is 0 Å². The highest BCUT2D eigenvalue weighted by molar-refractivity contribution is 9.10. The molecule has 1 atom stereocenters. The second-order valence-corrected chi connectivity index (χ2v) is 6.04. The van der Waals surface area contributed by atoms with Crippen LogP contribution >= 0.6 is 15.9 Å². The van der Waals surface area contributed by atoms with Gasteiger partial charge in [-0.05, 0) is 51.2 Å². The highest BCUT2D eigenvalue weighted by atomic mass is 79.9. The predicted molar refractivity (Wildman–Crippen MR) is 76.1 cm³/mol. The Morgan fingerprint density at radius 3 is 2.65 bits per heavy atom. The number of halogens is 1. The van der Waals surface area contributed by atoms with Crippen molar-refractivity contribution in [2.24, 2.45) is 0 Å². The molecule has 0 radical (unpaired) electrons. The zero-order valence-corrected chi connectivity index (χ0v) is 12.3. The third kappa shape index (κ3) is 3.80. The van der Waals surface area contributed by atoms with Crippen LogP contribution in [0.1, 0.15) is 18.4 Å². The SMILES string of the molecule is CN(C)C1CCCN(Cc2ccc(Br)cc2)C1. The van der Waals surface area contributed by atoms with Gasteiger partial charge in [-0.1, -0.05) is 28.1 Å². The van der Waals surface area contributed by atoms with E-state index in [1.54, 1.807) is 0 Å². The molecule has 17 heavy (non-hydrogen) atoms. The molecule has 1 heterocycles. The fraction of sp³-hybridized carbons (Fsp3) is 0.571. The summed E-state index contributed by atoms with van der Waals surface area (Å²) in [5, 5.41) is 0. The van der Waals surface area contributed by atoms with Gasteiger partial charge in [0.05, 0.1) is 0 Å². The lowest BCUT2D eigenvalue weighted by atomic mass is 10.0. The Morgan fingerprint density at radius 2 is 2.00 bits per heavy atom. The molecule has 1 unspecified atom stereocenters. The first kappa shape index (κ1) is 13.1. The molecule has 1 aromatic rings. The third-order valence-corrected chi connectivity index (χ3v) is 4.06. The van der Waals surface area contributed by atoms with Crippen LogP contribution in [0.25, 0.3) is 0 Å². The molecule has 0 bridgehead atoms. The number of rotatable bonds is 3. The maximum atomic E-state index is 3.48. The fourth-order valence-corrected chi connectivity index (χ4v) is 2.71. The van der Waals surface area contributed by atoms with Gasteiger partial charge in [-0.15, -0.1) is 0 Å². The topological polar surface area (TPSA) is 6.48 Å². The van der Waals surface area contributed by atoms with E-state index in [0.717, 1.165) is 17.1 Å². The molecule has 1 fully saturated rings. The van der Waals surface area contributed by atoms with E-state index in [1.807, 2.05) is 0 Å². The molecule has 3 heteroatoms. The summed E-state index contributed by atoms with van der Waals surface area (Å²) in [5.41, 5.74) is 1.41. The van der Waals surface area contributed by atoms with Gasteiger partial charge in [-0.25, -0.2) is 0 Å². The monoisotopic (exact) mass is 296 g/mol. The van der Waals surface area contributed by atoms with Gasteiger partial charge in [0.15, 0.2) is 0 Å². The highest BCUT2D eigenvalue weighted by Crippen LogP contribution is 2.17. The smallest absolute Gasteiger partial charge is 0.0234 e. The number of likely N-dealkylation sites (tertiary alicyclic amines) is 1. The standard InChI is InChI=1S/C14H21BrN2/c1-16(2)14-4-3-9-17(11-14)10-12-5-7-13(15)8-6-12/h5-8,14H,3-4,9-11H2,1-2H3. The lowest BCUT2D eigenvalue weighted by Gasteiger charge is -2.36. The number of nitrogens with zero attached hydrogens (tertiary/aromatic N) is 2. The van der Waals surface area contributed by atoms with E-state index in [4.69, 9.17) is 0 Å². The minimum atomic E-state index is 0.721. The van der Waals surface area contributed by atoms with Gasteiger partial charge in [-0.2, -0.15) is 0 Å². The molecule has 0 aromatic heterocycles. The molecule has 0 spiro atoms. The van der Waals surface area contributed by atoms with Crippen LogP contribution in [-0.4, -0.2) is 43.0 Å². The second-order valence-electron chi connectivity index (χ2n) is 5.12. The fourth-order valence-electron chi connectivity index (χ4n) is 2.44. The zero-order valence-electron chi connectivity index (χ0n) is 10.7. The average molecular weight is 297 g/mol. The molecule has 1 aliphatic rings. The van der Waals surface area contributed by atoms with Crippen LogP contribution in [0, 0.1) is 0 Å². The van der Waals surface area contributed by atoms with Crippen molar-refractivity contribution in [1.82, 2.24) is 9.80 Å². The summed E-state index contributed by atoms with van der Waals surface area (Å²) in [5.74, 6) is 0. The molecular weight excluding hydrogens is 276 g/mol. The van der Waals surface area contributed by atoms with E-state index in [9.17, 15) is 0 Å². The van der Waals surface area contributed by atoms with Gasteiger partial charge in [0, 0.05) is 23.6 Å². The van der Waals surface area contributed by atoms with Gasteiger partial charge in [0.25, 0.3) is 0 Å². The van der Waals surface area contributed by atoms with Crippen molar-refractivity contribution >= 4 is 15.9 Å². The summed E-state index contributed by atoms with van der Waals surface area (Å²) in [6, 6.07) is 9.40. The molecule has 1 aromatic carbocycles. The lowest BCUT2D eigenvalue weighted by Crippen LogP contribution is -2.44. The first-order valence-corrected chi connectivity index (χ1v) is 7.07. The second kappa shape index (κ2) is 5.98. The summed E-state index contributed by atoms with van der Waals surface area (Å²) >= 11 is 3.48. The van der Waals surface area contributed by atoms with E-state index in [2.05, 4.69) is 64.1 Å². The maximum absolute atomic E-state index is 3.48. The van der Waals surface area contributed by atoms with E-state index in [0.29, 0.717) is 0 Å². The molecule has 0 N–H and O–H groups in total. The van der Waals surface area contributed by atoms with Crippen LogP contribution in [-0.2, 0) is 6.54 Å². The van der Waals surface area contributed by atoms with Gasteiger partial charge in [0.2, 0.25) is 0 Å². The maximum Gasteiger partial charge on any atom is 0.0234 e.